The van der Waals surface area contributed by atoms with E-state index in [1.807, 2.05) is 42.6 Å². The first-order valence-electron chi connectivity index (χ1n) is 13.5. The van der Waals surface area contributed by atoms with Crippen LogP contribution in [0.3, 0.4) is 0 Å². The van der Waals surface area contributed by atoms with E-state index in [0.29, 0.717) is 18.1 Å². The summed E-state index contributed by atoms with van der Waals surface area (Å²) in [5, 5.41) is 13.6. The number of aromatic nitrogens is 2. The topological polar surface area (TPSA) is 107 Å². The van der Waals surface area contributed by atoms with Crippen molar-refractivity contribution >= 4 is 15.8 Å². The number of rotatable bonds is 4. The maximum atomic E-state index is 4.71. The van der Waals surface area contributed by atoms with Gasteiger partial charge in [0.2, 0.25) is 0 Å². The van der Waals surface area contributed by atoms with Gasteiger partial charge in [0, 0.05) is 18.1 Å². The fourth-order valence-electron chi connectivity index (χ4n) is 5.20. The van der Waals surface area contributed by atoms with Gasteiger partial charge in [0.1, 0.15) is 0 Å². The summed E-state index contributed by atoms with van der Waals surface area (Å²) in [5.74, 6) is 0. The first-order chi connectivity index (χ1) is 18.9. The maximum Gasteiger partial charge on any atom is 0.0270 e. The number of halogens is 1. The largest absolute Gasteiger partial charge is 0.658 e. The maximum absolute atomic E-state index is 4.71. The standard InChI is InChI=1S/C14H20N4.C14H16N4.ClH.Cu/c2*1-3-9-15-11(5-1)13-7-8-14(18-17-13)12-6-2-4-10-16-12;;/h1,3,5,9,12-14,18H,2,4,6-8,10H2;1,3,5,7-9,12,14H,2,4,6,10H2;1H;/q2*-2;;+2/p-1. The molecule has 4 aliphatic rings. The van der Waals surface area contributed by atoms with Crippen molar-refractivity contribution in [3.8, 4) is 0 Å². The van der Waals surface area contributed by atoms with Crippen LogP contribution in [0.5, 0.6) is 0 Å². The van der Waals surface area contributed by atoms with E-state index < -0.39 is 0 Å². The van der Waals surface area contributed by atoms with Crippen LogP contribution in [-0.2, 0) is 15.1 Å². The van der Waals surface area contributed by atoms with Gasteiger partial charge in [0.25, 0.3) is 0 Å². The predicted octanol–water partition coefficient (Wildman–Crippen LogP) is 6.80. The normalized spacial score (nSPS) is 28.9. The van der Waals surface area contributed by atoms with Gasteiger partial charge in [0.15, 0.2) is 0 Å². The molecular weight excluding hydrogens is 547 g/mol. The van der Waals surface area contributed by atoms with Crippen LogP contribution in [0.25, 0.3) is 21.5 Å². The minimum absolute atomic E-state index is 0.123. The quantitative estimate of drug-likeness (QED) is 0.400. The molecule has 6 heterocycles. The third kappa shape index (κ3) is 8.58. The Bertz CT molecular complexity index is 973. The fourth-order valence-corrected chi connectivity index (χ4v) is 5.20. The van der Waals surface area contributed by atoms with E-state index in [-0.39, 0.29) is 12.1 Å². The molecule has 3 saturated heterocycles. The summed E-state index contributed by atoms with van der Waals surface area (Å²) in [5.41, 5.74) is 15.1. The van der Waals surface area contributed by atoms with E-state index in [1.54, 1.807) is 6.20 Å². The van der Waals surface area contributed by atoms with E-state index in [9.17, 15) is 0 Å². The van der Waals surface area contributed by atoms with Crippen LogP contribution in [0.2, 0.25) is 0 Å². The average molecular weight is 584 g/mol. The summed E-state index contributed by atoms with van der Waals surface area (Å²) in [7, 11) is 4.20. The zero-order valence-electron chi connectivity index (χ0n) is 21.5. The number of hydrogen-bond acceptors (Lipinski definition) is 4. The van der Waals surface area contributed by atoms with Crippen molar-refractivity contribution in [2.45, 2.75) is 81.6 Å². The molecule has 38 heavy (non-hydrogen) atoms. The second kappa shape index (κ2) is 16.3. The average Bonchev–Trinajstić information content (AvgIpc) is 3.04. The summed E-state index contributed by atoms with van der Waals surface area (Å²) in [6.45, 7) is 2.01. The summed E-state index contributed by atoms with van der Waals surface area (Å²) in [4.78, 5) is 8.66. The molecule has 0 spiro atoms. The number of hydrogen-bond donors (Lipinski definition) is 1. The monoisotopic (exact) mass is 582 g/mol. The van der Waals surface area contributed by atoms with E-state index >= 15 is 0 Å². The van der Waals surface area contributed by atoms with Crippen LogP contribution in [0.1, 0.15) is 68.8 Å². The Morgan fingerprint density at radius 3 is 2.11 bits per heavy atom. The third-order valence-corrected chi connectivity index (χ3v) is 7.26. The van der Waals surface area contributed by atoms with Gasteiger partial charge in [-0.1, -0.05) is 69.2 Å². The third-order valence-electron chi connectivity index (χ3n) is 7.26. The van der Waals surface area contributed by atoms with Crippen LogP contribution in [-0.4, -0.2) is 52.9 Å². The minimum atomic E-state index is 0.123. The summed E-state index contributed by atoms with van der Waals surface area (Å²) in [6.07, 6.45) is 17.4. The molecule has 0 aliphatic carbocycles. The molecule has 3 fully saturated rings. The predicted molar refractivity (Wildman–Crippen MR) is 151 cm³/mol. The van der Waals surface area contributed by atoms with Gasteiger partial charge >= 0.3 is 25.2 Å². The molecule has 0 aromatic carbocycles. The van der Waals surface area contributed by atoms with Crippen molar-refractivity contribution in [2.75, 3.05) is 13.1 Å². The van der Waals surface area contributed by atoms with Gasteiger partial charge in [-0.3, -0.25) is 9.97 Å². The summed E-state index contributed by atoms with van der Waals surface area (Å²) in [6, 6.07) is 13.4. The Morgan fingerprint density at radius 1 is 0.816 bits per heavy atom. The fraction of sp³-hybridized carbons (Fsp3) is 0.536. The molecule has 209 valence electrons. The first-order valence-corrected chi connectivity index (χ1v) is 14.8. The number of allylic oxidation sites excluding steroid dienone is 1. The van der Waals surface area contributed by atoms with E-state index in [2.05, 4.69) is 74.0 Å². The van der Waals surface area contributed by atoms with Crippen LogP contribution in [0, 0.1) is 0 Å². The molecule has 0 saturated carbocycles. The Kier molecular flexibility index (Phi) is 12.5. The van der Waals surface area contributed by atoms with E-state index in [1.165, 1.54) is 32.1 Å². The first kappa shape index (κ1) is 29.1. The molecular formula is C28H36ClCuN8-3. The van der Waals surface area contributed by atoms with Crippen molar-refractivity contribution in [2.24, 2.45) is 5.10 Å². The van der Waals surface area contributed by atoms with Gasteiger partial charge in [0.05, 0.1) is 11.4 Å². The Labute approximate surface area is 239 Å². The van der Waals surface area contributed by atoms with E-state index in [4.69, 9.17) is 5.32 Å². The van der Waals surface area contributed by atoms with Gasteiger partial charge in [-0.25, -0.2) is 0 Å². The number of nitrogens with zero attached hydrogens (tertiary/aromatic N) is 7. The number of piperidine rings is 2. The Balaban J connectivity index is 0.000000166. The van der Waals surface area contributed by atoms with Crippen LogP contribution in [0.15, 0.2) is 66.0 Å². The molecule has 10 heteroatoms. The number of nitrogens with one attached hydrogen (secondary N) is 1. The van der Waals surface area contributed by atoms with E-state index in [0.717, 1.165) is 49.5 Å². The van der Waals surface area contributed by atoms with Gasteiger partial charge in [-0.05, 0) is 42.8 Å². The Hall–Kier alpha value is -1.84. The van der Waals surface area contributed by atoms with Gasteiger partial charge in [-0.15, -0.1) is 31.2 Å². The molecule has 6 rings (SSSR count). The molecule has 4 aliphatic heterocycles. The van der Waals surface area contributed by atoms with Crippen molar-refractivity contribution < 1.29 is 15.1 Å². The zero-order valence-corrected chi connectivity index (χ0v) is 23.2. The second-order valence-corrected chi connectivity index (χ2v) is 9.82. The van der Waals surface area contributed by atoms with Crippen LogP contribution >= 0.6 is 10.1 Å². The van der Waals surface area contributed by atoms with Gasteiger partial charge < -0.3 is 32.0 Å². The van der Waals surface area contributed by atoms with Crippen LogP contribution < -0.4 is 5.43 Å². The molecule has 5 unspecified atom stereocenters. The van der Waals surface area contributed by atoms with Crippen LogP contribution in [0.4, 0.5) is 0 Å². The molecule has 2 aromatic rings. The molecule has 1 N–H and O–H groups in total. The van der Waals surface area contributed by atoms with Crippen molar-refractivity contribution in [1.29, 1.82) is 0 Å². The van der Waals surface area contributed by atoms with Crippen molar-refractivity contribution in [1.82, 2.24) is 15.4 Å². The van der Waals surface area contributed by atoms with Crippen molar-refractivity contribution in [3.63, 3.8) is 0 Å². The number of pyridine rings is 2. The van der Waals surface area contributed by atoms with Gasteiger partial charge in [-0.2, -0.15) is 0 Å². The molecule has 0 amide bonds. The summed E-state index contributed by atoms with van der Waals surface area (Å²) >= 11 is 3.66. The molecule has 5 atom stereocenters. The van der Waals surface area contributed by atoms with Crippen molar-refractivity contribution in [3.05, 3.63) is 93.8 Å². The molecule has 2 aromatic heterocycles. The summed E-state index contributed by atoms with van der Waals surface area (Å²) < 4.78 is 0. The molecule has 0 radical (unpaired) electrons. The second-order valence-electron chi connectivity index (χ2n) is 9.82. The molecule has 8 nitrogen and oxygen atoms in total. The Morgan fingerprint density at radius 2 is 1.55 bits per heavy atom. The smallest absolute Gasteiger partial charge is 0.0270 e. The zero-order chi connectivity index (χ0) is 26.4. The SMILES string of the molecule is C1=CC(C2CCCC[N-]2)[N-]N=C1c1ccccn1.[Cl][Cu+].c1ccc(C2CCC(C3CCCC[N-]3)N[N-]2)nc1. The molecule has 0 bridgehead atoms. The minimum Gasteiger partial charge on any atom is -0.658 e.